The second-order valence-electron chi connectivity index (χ2n) is 5.32. The summed E-state index contributed by atoms with van der Waals surface area (Å²) in [6.45, 7) is 6.39. The van der Waals surface area contributed by atoms with Gasteiger partial charge in [0.25, 0.3) is 0 Å². The predicted molar refractivity (Wildman–Crippen MR) is 86.4 cm³/mol. The van der Waals surface area contributed by atoms with E-state index in [4.69, 9.17) is 14.2 Å². The number of morpholine rings is 1. The van der Waals surface area contributed by atoms with Gasteiger partial charge in [0, 0.05) is 25.7 Å². The van der Waals surface area contributed by atoms with Crippen LogP contribution in [-0.2, 0) is 9.47 Å². The molecule has 0 radical (unpaired) electrons. The Hall–Kier alpha value is -2.19. The highest BCUT2D eigenvalue weighted by Gasteiger charge is 2.19. The molecule has 0 aliphatic carbocycles. The van der Waals surface area contributed by atoms with E-state index >= 15 is 0 Å². The van der Waals surface area contributed by atoms with Gasteiger partial charge in [-0.15, -0.1) is 0 Å². The molecular weight excluding hydrogens is 316 g/mol. The molecule has 132 valence electrons. The van der Waals surface area contributed by atoms with E-state index < -0.39 is 10.9 Å². The van der Waals surface area contributed by atoms with E-state index in [9.17, 15) is 14.9 Å². The van der Waals surface area contributed by atoms with Gasteiger partial charge in [0.2, 0.25) is 0 Å². The number of benzene rings is 1. The summed E-state index contributed by atoms with van der Waals surface area (Å²) in [6.07, 6.45) is 0.761. The van der Waals surface area contributed by atoms with Crippen molar-refractivity contribution in [1.82, 2.24) is 4.90 Å². The minimum absolute atomic E-state index is 0.143. The lowest BCUT2D eigenvalue weighted by Crippen LogP contribution is -2.37. The van der Waals surface area contributed by atoms with Gasteiger partial charge < -0.3 is 14.2 Å². The van der Waals surface area contributed by atoms with Gasteiger partial charge in [0.05, 0.1) is 36.9 Å². The van der Waals surface area contributed by atoms with Crippen LogP contribution < -0.4 is 4.74 Å². The summed E-state index contributed by atoms with van der Waals surface area (Å²) in [5.41, 5.74) is -0.0869. The fraction of sp³-hybridized carbons (Fsp3) is 0.562. The second kappa shape index (κ2) is 9.19. The maximum atomic E-state index is 11.7. The highest BCUT2D eigenvalue weighted by molar-refractivity contribution is 5.90. The van der Waals surface area contributed by atoms with Crippen molar-refractivity contribution in [3.63, 3.8) is 0 Å². The van der Waals surface area contributed by atoms with E-state index in [1.54, 1.807) is 6.92 Å². The highest BCUT2D eigenvalue weighted by atomic mass is 16.6. The number of hydrogen-bond donors (Lipinski definition) is 0. The van der Waals surface area contributed by atoms with Crippen molar-refractivity contribution in [2.75, 3.05) is 46.1 Å². The Morgan fingerprint density at radius 2 is 2.12 bits per heavy atom. The van der Waals surface area contributed by atoms with Gasteiger partial charge >= 0.3 is 11.7 Å². The Kier molecular flexibility index (Phi) is 6.95. The molecular formula is C16H22N2O6. The fourth-order valence-corrected chi connectivity index (χ4v) is 2.42. The Morgan fingerprint density at radius 1 is 1.38 bits per heavy atom. The first-order valence-electron chi connectivity index (χ1n) is 8.00. The van der Waals surface area contributed by atoms with Crippen LogP contribution in [0.15, 0.2) is 18.2 Å². The van der Waals surface area contributed by atoms with Gasteiger partial charge in [-0.3, -0.25) is 15.0 Å². The summed E-state index contributed by atoms with van der Waals surface area (Å²) in [6, 6.07) is 4.11. The van der Waals surface area contributed by atoms with Crippen LogP contribution >= 0.6 is 0 Å². The molecule has 1 heterocycles. The third kappa shape index (κ3) is 5.17. The lowest BCUT2D eigenvalue weighted by molar-refractivity contribution is -0.385. The fourth-order valence-electron chi connectivity index (χ4n) is 2.42. The van der Waals surface area contributed by atoms with E-state index in [-0.39, 0.29) is 23.6 Å². The smallest absolute Gasteiger partial charge is 0.338 e. The summed E-state index contributed by atoms with van der Waals surface area (Å²) in [5.74, 6) is -0.422. The topological polar surface area (TPSA) is 91.1 Å². The molecule has 1 aromatic carbocycles. The molecule has 0 unspecified atom stereocenters. The van der Waals surface area contributed by atoms with Crippen molar-refractivity contribution in [2.24, 2.45) is 0 Å². The third-order valence-corrected chi connectivity index (χ3v) is 3.65. The number of ether oxygens (including phenoxy) is 3. The first-order valence-corrected chi connectivity index (χ1v) is 8.00. The number of esters is 1. The summed E-state index contributed by atoms with van der Waals surface area (Å²) < 4.78 is 15.7. The summed E-state index contributed by atoms with van der Waals surface area (Å²) in [4.78, 5) is 24.6. The van der Waals surface area contributed by atoms with Crippen LogP contribution in [-0.4, -0.2) is 61.9 Å². The minimum atomic E-state index is -0.584. The maximum Gasteiger partial charge on any atom is 0.338 e. The third-order valence-electron chi connectivity index (χ3n) is 3.65. The van der Waals surface area contributed by atoms with Crippen molar-refractivity contribution in [3.8, 4) is 5.75 Å². The van der Waals surface area contributed by atoms with Crippen LogP contribution in [0.25, 0.3) is 0 Å². The van der Waals surface area contributed by atoms with E-state index in [0.717, 1.165) is 39.3 Å². The molecule has 24 heavy (non-hydrogen) atoms. The maximum absolute atomic E-state index is 11.7. The van der Waals surface area contributed by atoms with Crippen molar-refractivity contribution in [2.45, 2.75) is 13.3 Å². The van der Waals surface area contributed by atoms with Crippen LogP contribution in [0.1, 0.15) is 23.7 Å². The normalized spacial score (nSPS) is 15.0. The molecule has 2 rings (SSSR count). The number of nitro groups is 1. The van der Waals surface area contributed by atoms with Crippen molar-refractivity contribution in [1.29, 1.82) is 0 Å². The average Bonchev–Trinajstić information content (AvgIpc) is 2.59. The number of carbonyl (C=O) groups excluding carboxylic acids is 1. The Morgan fingerprint density at radius 3 is 2.79 bits per heavy atom. The Labute approximate surface area is 140 Å². The summed E-state index contributed by atoms with van der Waals surface area (Å²) in [5, 5.41) is 11.2. The van der Waals surface area contributed by atoms with E-state index in [1.165, 1.54) is 18.2 Å². The lowest BCUT2D eigenvalue weighted by Gasteiger charge is -2.26. The SMILES string of the molecule is CCOC(=O)c1ccc(OCCCN2CCOCC2)c([N+](=O)[O-])c1. The molecule has 0 aromatic heterocycles. The molecule has 1 aliphatic rings. The standard InChI is InChI=1S/C16H22N2O6/c1-2-23-16(19)13-4-5-15(14(12-13)18(20)21)24-9-3-6-17-7-10-22-11-8-17/h4-5,12H,2-3,6-11H2,1H3. The first-order chi connectivity index (χ1) is 11.6. The molecule has 0 saturated carbocycles. The lowest BCUT2D eigenvalue weighted by atomic mass is 10.2. The molecule has 8 nitrogen and oxygen atoms in total. The minimum Gasteiger partial charge on any atom is -0.487 e. The van der Waals surface area contributed by atoms with Crippen LogP contribution in [0.3, 0.4) is 0 Å². The zero-order valence-electron chi connectivity index (χ0n) is 13.7. The number of hydrogen-bond acceptors (Lipinski definition) is 7. The molecule has 0 N–H and O–H groups in total. The zero-order chi connectivity index (χ0) is 17.4. The Balaban J connectivity index is 1.91. The monoisotopic (exact) mass is 338 g/mol. The largest absolute Gasteiger partial charge is 0.487 e. The average molecular weight is 338 g/mol. The van der Waals surface area contributed by atoms with Crippen LogP contribution in [0.4, 0.5) is 5.69 Å². The number of nitro benzene ring substituents is 1. The molecule has 1 aromatic rings. The van der Waals surface area contributed by atoms with E-state index in [1.807, 2.05) is 0 Å². The molecule has 0 atom stereocenters. The highest BCUT2D eigenvalue weighted by Crippen LogP contribution is 2.28. The van der Waals surface area contributed by atoms with Crippen molar-refractivity contribution < 1.29 is 23.9 Å². The van der Waals surface area contributed by atoms with Crippen LogP contribution in [0.5, 0.6) is 5.75 Å². The number of rotatable bonds is 8. The zero-order valence-corrected chi connectivity index (χ0v) is 13.7. The van der Waals surface area contributed by atoms with Gasteiger partial charge in [-0.05, 0) is 25.5 Å². The number of carbonyl (C=O) groups is 1. The summed E-state index contributed by atoms with van der Waals surface area (Å²) >= 11 is 0. The second-order valence-corrected chi connectivity index (χ2v) is 5.32. The van der Waals surface area contributed by atoms with E-state index in [0.29, 0.717) is 6.61 Å². The van der Waals surface area contributed by atoms with Crippen molar-refractivity contribution in [3.05, 3.63) is 33.9 Å². The van der Waals surface area contributed by atoms with Gasteiger partial charge in [-0.25, -0.2) is 4.79 Å². The van der Waals surface area contributed by atoms with Gasteiger partial charge in [0.15, 0.2) is 5.75 Å². The van der Waals surface area contributed by atoms with Crippen LogP contribution in [0, 0.1) is 10.1 Å². The van der Waals surface area contributed by atoms with Crippen LogP contribution in [0.2, 0.25) is 0 Å². The molecule has 1 saturated heterocycles. The molecule has 1 aliphatic heterocycles. The molecule has 0 spiro atoms. The Bertz CT molecular complexity index is 572. The van der Waals surface area contributed by atoms with Gasteiger partial charge in [0.1, 0.15) is 0 Å². The quantitative estimate of drug-likeness (QED) is 0.309. The molecule has 0 bridgehead atoms. The summed E-state index contributed by atoms with van der Waals surface area (Å²) in [7, 11) is 0. The number of nitrogens with zero attached hydrogens (tertiary/aromatic N) is 2. The molecule has 0 amide bonds. The molecule has 1 fully saturated rings. The first kappa shape index (κ1) is 18.2. The van der Waals surface area contributed by atoms with Gasteiger partial charge in [-0.2, -0.15) is 0 Å². The van der Waals surface area contributed by atoms with Gasteiger partial charge in [-0.1, -0.05) is 0 Å². The van der Waals surface area contributed by atoms with Crippen molar-refractivity contribution >= 4 is 11.7 Å². The molecule has 8 heteroatoms. The predicted octanol–water partition coefficient (Wildman–Crippen LogP) is 1.87. The van der Waals surface area contributed by atoms with E-state index in [2.05, 4.69) is 4.90 Å².